The van der Waals surface area contributed by atoms with Crippen molar-refractivity contribution in [2.24, 2.45) is 5.92 Å². The number of rotatable bonds is 3. The highest BCUT2D eigenvalue weighted by atomic mass is 16.4. The van der Waals surface area contributed by atoms with Gasteiger partial charge in [-0.2, -0.15) is 0 Å². The Morgan fingerprint density at radius 2 is 1.90 bits per heavy atom. The van der Waals surface area contributed by atoms with Gasteiger partial charge in [-0.25, -0.2) is 9.48 Å². The standard InChI is InChI=1S/C13H18N4O3/c18-12(9-4-2-1-3-5-9)16-6-10(7-16)17-8-11(13(19)20)14-15-17/h8-10H,1-7H2,(H,19,20). The minimum Gasteiger partial charge on any atom is -0.476 e. The van der Waals surface area contributed by atoms with Crippen LogP contribution in [-0.2, 0) is 4.79 Å². The van der Waals surface area contributed by atoms with Crippen LogP contribution in [0, 0.1) is 5.92 Å². The molecule has 2 aliphatic rings. The third kappa shape index (κ3) is 2.39. The van der Waals surface area contributed by atoms with Crippen molar-refractivity contribution in [3.05, 3.63) is 11.9 Å². The summed E-state index contributed by atoms with van der Waals surface area (Å²) in [6, 6.07) is 0.0585. The minimum absolute atomic E-state index is 0.0537. The molecule has 1 amide bonds. The number of amides is 1. The summed E-state index contributed by atoms with van der Waals surface area (Å²) in [6.45, 7) is 1.22. The fourth-order valence-corrected chi connectivity index (χ4v) is 2.96. The van der Waals surface area contributed by atoms with Gasteiger partial charge in [0.1, 0.15) is 0 Å². The zero-order valence-electron chi connectivity index (χ0n) is 11.2. The maximum absolute atomic E-state index is 12.3. The van der Waals surface area contributed by atoms with E-state index in [4.69, 9.17) is 5.11 Å². The van der Waals surface area contributed by atoms with Gasteiger partial charge in [-0.1, -0.05) is 24.5 Å². The smallest absolute Gasteiger partial charge is 0.358 e. The molecule has 7 heteroatoms. The topological polar surface area (TPSA) is 88.3 Å². The first-order valence-corrected chi connectivity index (χ1v) is 7.09. The van der Waals surface area contributed by atoms with Crippen molar-refractivity contribution in [1.82, 2.24) is 19.9 Å². The second-order valence-corrected chi connectivity index (χ2v) is 5.62. The predicted octanol–water partition coefficient (Wildman–Crippen LogP) is 0.940. The van der Waals surface area contributed by atoms with Crippen LogP contribution < -0.4 is 0 Å². The Labute approximate surface area is 116 Å². The van der Waals surface area contributed by atoms with Crippen LogP contribution in [0.15, 0.2) is 6.20 Å². The predicted molar refractivity (Wildman–Crippen MR) is 69.2 cm³/mol. The van der Waals surface area contributed by atoms with Gasteiger partial charge in [0.15, 0.2) is 5.69 Å². The van der Waals surface area contributed by atoms with Crippen LogP contribution in [0.4, 0.5) is 0 Å². The molecule has 1 aliphatic carbocycles. The number of hydrogen-bond acceptors (Lipinski definition) is 4. The Morgan fingerprint density at radius 1 is 1.20 bits per heavy atom. The van der Waals surface area contributed by atoms with E-state index in [1.165, 1.54) is 12.6 Å². The van der Waals surface area contributed by atoms with E-state index < -0.39 is 5.97 Å². The first-order chi connectivity index (χ1) is 9.65. The van der Waals surface area contributed by atoms with Crippen LogP contribution >= 0.6 is 0 Å². The third-order valence-electron chi connectivity index (χ3n) is 4.23. The molecule has 3 rings (SSSR count). The first-order valence-electron chi connectivity index (χ1n) is 7.09. The lowest BCUT2D eigenvalue weighted by Gasteiger charge is -2.41. The molecular weight excluding hydrogens is 260 g/mol. The molecule has 0 aromatic carbocycles. The minimum atomic E-state index is -1.08. The highest BCUT2D eigenvalue weighted by Crippen LogP contribution is 2.29. The molecule has 20 heavy (non-hydrogen) atoms. The molecule has 108 valence electrons. The molecule has 0 radical (unpaired) electrons. The molecule has 0 spiro atoms. The van der Waals surface area contributed by atoms with Gasteiger partial charge in [-0.3, -0.25) is 4.79 Å². The number of carbonyl (C=O) groups is 2. The molecule has 2 heterocycles. The van der Waals surface area contributed by atoms with E-state index in [1.807, 2.05) is 4.90 Å². The van der Waals surface area contributed by atoms with Gasteiger partial charge in [0, 0.05) is 19.0 Å². The van der Waals surface area contributed by atoms with Crippen molar-refractivity contribution in [3.63, 3.8) is 0 Å². The summed E-state index contributed by atoms with van der Waals surface area (Å²) >= 11 is 0. The van der Waals surface area contributed by atoms with E-state index in [2.05, 4.69) is 10.3 Å². The molecule has 2 fully saturated rings. The van der Waals surface area contributed by atoms with E-state index in [0.29, 0.717) is 13.1 Å². The number of carboxylic acid groups (broad SMARTS) is 1. The monoisotopic (exact) mass is 278 g/mol. The van der Waals surface area contributed by atoms with Gasteiger partial charge in [-0.15, -0.1) is 5.10 Å². The number of carbonyl (C=O) groups excluding carboxylic acids is 1. The molecular formula is C13H18N4O3. The number of carboxylic acids is 1. The Kier molecular flexibility index (Phi) is 3.42. The number of likely N-dealkylation sites (tertiary alicyclic amines) is 1. The summed E-state index contributed by atoms with van der Waals surface area (Å²) in [5.41, 5.74) is -0.0537. The van der Waals surface area contributed by atoms with Gasteiger partial charge < -0.3 is 10.0 Å². The highest BCUT2D eigenvalue weighted by molar-refractivity contribution is 5.84. The van der Waals surface area contributed by atoms with Crippen LogP contribution in [0.3, 0.4) is 0 Å². The van der Waals surface area contributed by atoms with Gasteiger partial charge in [0.25, 0.3) is 0 Å². The van der Waals surface area contributed by atoms with Crippen molar-refractivity contribution < 1.29 is 14.7 Å². The zero-order valence-corrected chi connectivity index (χ0v) is 11.2. The molecule has 0 bridgehead atoms. The fraction of sp³-hybridized carbons (Fsp3) is 0.692. The second-order valence-electron chi connectivity index (χ2n) is 5.62. The summed E-state index contributed by atoms with van der Waals surface area (Å²) in [6.07, 6.45) is 6.98. The summed E-state index contributed by atoms with van der Waals surface area (Å²) in [5, 5.41) is 16.2. The zero-order chi connectivity index (χ0) is 14.1. The van der Waals surface area contributed by atoms with Crippen LogP contribution in [0.1, 0.15) is 48.6 Å². The maximum atomic E-state index is 12.3. The van der Waals surface area contributed by atoms with Crippen molar-refractivity contribution in [2.75, 3.05) is 13.1 Å². The Morgan fingerprint density at radius 3 is 2.50 bits per heavy atom. The molecule has 0 unspecified atom stereocenters. The molecule has 1 saturated carbocycles. The highest BCUT2D eigenvalue weighted by Gasteiger charge is 2.36. The third-order valence-corrected chi connectivity index (χ3v) is 4.23. The lowest BCUT2D eigenvalue weighted by atomic mass is 9.87. The van der Waals surface area contributed by atoms with Crippen LogP contribution in [0.2, 0.25) is 0 Å². The van der Waals surface area contributed by atoms with Gasteiger partial charge in [-0.05, 0) is 12.8 Å². The molecule has 7 nitrogen and oxygen atoms in total. The Balaban J connectivity index is 1.55. The molecule has 0 atom stereocenters. The molecule has 1 saturated heterocycles. The Hall–Kier alpha value is -1.92. The van der Waals surface area contributed by atoms with Crippen LogP contribution in [0.5, 0.6) is 0 Å². The largest absolute Gasteiger partial charge is 0.476 e. The fourth-order valence-electron chi connectivity index (χ4n) is 2.96. The molecule has 1 N–H and O–H groups in total. The number of aromatic nitrogens is 3. The van der Waals surface area contributed by atoms with Gasteiger partial charge in [0.2, 0.25) is 5.91 Å². The van der Waals surface area contributed by atoms with Crippen molar-refractivity contribution in [2.45, 2.75) is 38.1 Å². The van der Waals surface area contributed by atoms with E-state index in [-0.39, 0.29) is 23.6 Å². The summed E-state index contributed by atoms with van der Waals surface area (Å²) < 4.78 is 1.55. The number of nitrogens with zero attached hydrogens (tertiary/aromatic N) is 4. The van der Waals surface area contributed by atoms with Crippen molar-refractivity contribution in [1.29, 1.82) is 0 Å². The summed E-state index contributed by atoms with van der Waals surface area (Å²) in [7, 11) is 0. The summed E-state index contributed by atoms with van der Waals surface area (Å²) in [4.78, 5) is 24.8. The van der Waals surface area contributed by atoms with E-state index in [0.717, 1.165) is 25.7 Å². The van der Waals surface area contributed by atoms with Crippen molar-refractivity contribution >= 4 is 11.9 Å². The summed E-state index contributed by atoms with van der Waals surface area (Å²) in [5.74, 6) is -0.639. The average molecular weight is 278 g/mol. The first kappa shape index (κ1) is 13.1. The van der Waals surface area contributed by atoms with E-state index in [1.54, 1.807) is 4.68 Å². The van der Waals surface area contributed by atoms with Gasteiger partial charge >= 0.3 is 5.97 Å². The number of hydrogen-bond donors (Lipinski definition) is 1. The van der Waals surface area contributed by atoms with E-state index in [9.17, 15) is 9.59 Å². The lowest BCUT2D eigenvalue weighted by molar-refractivity contribution is -0.142. The molecule has 1 aromatic rings. The lowest BCUT2D eigenvalue weighted by Crippen LogP contribution is -2.53. The van der Waals surface area contributed by atoms with E-state index >= 15 is 0 Å². The quantitative estimate of drug-likeness (QED) is 0.889. The molecule has 1 aliphatic heterocycles. The van der Waals surface area contributed by atoms with Crippen LogP contribution in [-0.4, -0.2) is 50.0 Å². The SMILES string of the molecule is O=C(O)c1cn(C2CN(C(=O)C3CCCCC3)C2)nn1. The van der Waals surface area contributed by atoms with Crippen LogP contribution in [0.25, 0.3) is 0 Å². The average Bonchev–Trinajstić information content (AvgIpc) is 2.87. The second kappa shape index (κ2) is 5.22. The normalized spacial score (nSPS) is 20.7. The van der Waals surface area contributed by atoms with Crippen molar-refractivity contribution in [3.8, 4) is 0 Å². The maximum Gasteiger partial charge on any atom is 0.358 e. The Bertz CT molecular complexity index is 515. The van der Waals surface area contributed by atoms with Gasteiger partial charge in [0.05, 0.1) is 12.2 Å². The number of aromatic carboxylic acids is 1. The molecule has 1 aromatic heterocycles.